The highest BCUT2D eigenvalue weighted by atomic mass is 16.5. The molecule has 0 aromatic carbocycles. The molecule has 3 aliphatic rings. The number of aliphatic carboxylic acids is 1. The summed E-state index contributed by atoms with van der Waals surface area (Å²) in [4.78, 5) is 43.4. The predicted octanol–water partition coefficient (Wildman–Crippen LogP) is 2.06. The molecule has 3 rings (SSSR count). The number of hydrogen-bond donors (Lipinski definition) is 2. The molecule has 8 nitrogen and oxygen atoms in total. The van der Waals surface area contributed by atoms with Gasteiger partial charge in [-0.3, -0.25) is 14.4 Å². The van der Waals surface area contributed by atoms with E-state index >= 15 is 0 Å². The number of likely N-dealkylation sites (tertiary alicyclic amines) is 1. The molecule has 2 amide bonds. The van der Waals surface area contributed by atoms with E-state index in [0.717, 1.165) is 0 Å². The minimum Gasteiger partial charge on any atom is -0.481 e. The summed E-state index contributed by atoms with van der Waals surface area (Å²) in [5, 5.41) is 20.2. The maximum absolute atomic E-state index is 14.1. The van der Waals surface area contributed by atoms with Crippen molar-refractivity contribution in [2.24, 2.45) is 17.8 Å². The molecule has 180 valence electrons. The summed E-state index contributed by atoms with van der Waals surface area (Å²) >= 11 is 0. The van der Waals surface area contributed by atoms with Crippen molar-refractivity contribution in [1.29, 1.82) is 0 Å². The first-order valence-corrected chi connectivity index (χ1v) is 11.5. The van der Waals surface area contributed by atoms with E-state index in [-0.39, 0.29) is 25.0 Å². The normalized spacial score (nSPS) is 34.7. The third kappa shape index (κ3) is 3.55. The van der Waals surface area contributed by atoms with E-state index in [1.807, 2.05) is 34.6 Å². The molecule has 0 saturated carbocycles. The molecule has 2 N–H and O–H groups in total. The highest BCUT2D eigenvalue weighted by Gasteiger charge is 2.79. The Morgan fingerprint density at radius 2 is 1.97 bits per heavy atom. The first-order chi connectivity index (χ1) is 14.7. The van der Waals surface area contributed by atoms with Gasteiger partial charge in [-0.25, -0.2) is 0 Å². The zero-order chi connectivity index (χ0) is 24.2. The van der Waals surface area contributed by atoms with Crippen molar-refractivity contribution in [2.45, 2.75) is 89.6 Å². The molecule has 3 saturated heterocycles. The van der Waals surface area contributed by atoms with Crippen LogP contribution in [0.25, 0.3) is 0 Å². The number of carbonyl (C=O) groups excluding carboxylic acids is 2. The summed E-state index contributed by atoms with van der Waals surface area (Å²) in [6.45, 7) is 15.2. The van der Waals surface area contributed by atoms with E-state index in [9.17, 15) is 24.6 Å². The monoisotopic (exact) mass is 450 g/mol. The molecule has 3 heterocycles. The quantitative estimate of drug-likeness (QED) is 0.548. The lowest BCUT2D eigenvalue weighted by molar-refractivity contribution is -0.160. The van der Waals surface area contributed by atoms with E-state index in [0.29, 0.717) is 19.3 Å². The Morgan fingerprint density at radius 3 is 2.44 bits per heavy atom. The number of hydrogen-bond acceptors (Lipinski definition) is 5. The number of rotatable bonds is 8. The Balaban J connectivity index is 2.17. The fourth-order valence-corrected chi connectivity index (χ4v) is 6.20. The van der Waals surface area contributed by atoms with Gasteiger partial charge in [-0.1, -0.05) is 19.9 Å². The number of aliphatic hydroxyl groups is 1. The fourth-order valence-electron chi connectivity index (χ4n) is 6.20. The Bertz CT molecular complexity index is 805. The van der Waals surface area contributed by atoms with Gasteiger partial charge < -0.3 is 24.7 Å². The first kappa shape index (κ1) is 24.7. The number of amides is 2. The number of aliphatic hydroxyl groups excluding tert-OH is 1. The lowest BCUT2D eigenvalue weighted by Crippen LogP contribution is -2.61. The lowest BCUT2D eigenvalue weighted by atomic mass is 9.66. The van der Waals surface area contributed by atoms with Gasteiger partial charge in [-0.05, 0) is 52.9 Å². The van der Waals surface area contributed by atoms with Crippen LogP contribution in [0.1, 0.15) is 60.8 Å². The van der Waals surface area contributed by atoms with E-state index in [2.05, 4.69) is 6.58 Å². The van der Waals surface area contributed by atoms with Gasteiger partial charge in [0.25, 0.3) is 0 Å². The van der Waals surface area contributed by atoms with Crippen LogP contribution in [0.15, 0.2) is 12.7 Å². The van der Waals surface area contributed by atoms with Gasteiger partial charge in [-0.15, -0.1) is 6.58 Å². The largest absolute Gasteiger partial charge is 0.481 e. The molecule has 2 bridgehead atoms. The van der Waals surface area contributed by atoms with Crippen molar-refractivity contribution >= 4 is 17.8 Å². The molecule has 32 heavy (non-hydrogen) atoms. The minimum atomic E-state index is -1.21. The maximum Gasteiger partial charge on any atom is 0.310 e. The number of fused-ring (bicyclic) bond motifs is 1. The fraction of sp³-hybridized carbons (Fsp3) is 0.792. The third-order valence-corrected chi connectivity index (χ3v) is 7.45. The summed E-state index contributed by atoms with van der Waals surface area (Å²) < 4.78 is 6.42. The summed E-state index contributed by atoms with van der Waals surface area (Å²) in [5.41, 5.74) is -2.75. The second-order valence-electron chi connectivity index (χ2n) is 11.2. The second-order valence-corrected chi connectivity index (χ2v) is 11.2. The van der Waals surface area contributed by atoms with Crippen LogP contribution in [0.4, 0.5) is 0 Å². The summed E-state index contributed by atoms with van der Waals surface area (Å²) in [6.07, 6.45) is 3.05. The molecule has 0 aromatic rings. The topological polar surface area (TPSA) is 107 Å². The van der Waals surface area contributed by atoms with Crippen LogP contribution in [0.2, 0.25) is 0 Å². The average Bonchev–Trinajstić information content (AvgIpc) is 3.23. The second kappa shape index (κ2) is 8.13. The SMILES string of the molecule is C=CCN(C(=O)C1N([C@@H](CO)CC(C)C)C(=O)[C@@H]2[C@H](C(=O)O)[C@]3(C)CCC12O3)C(C)(C)C. The summed E-state index contributed by atoms with van der Waals surface area (Å²) in [7, 11) is 0. The molecule has 0 radical (unpaired) electrons. The van der Waals surface area contributed by atoms with Crippen LogP contribution in [0.5, 0.6) is 0 Å². The van der Waals surface area contributed by atoms with Gasteiger partial charge in [0.05, 0.1) is 30.1 Å². The molecule has 2 unspecified atom stereocenters. The molecule has 8 heteroatoms. The molecular formula is C24H38N2O6. The van der Waals surface area contributed by atoms with Crippen molar-refractivity contribution in [1.82, 2.24) is 9.80 Å². The molecule has 6 atom stereocenters. The third-order valence-electron chi connectivity index (χ3n) is 7.45. The van der Waals surface area contributed by atoms with Crippen LogP contribution in [0.3, 0.4) is 0 Å². The highest BCUT2D eigenvalue weighted by Crippen LogP contribution is 2.63. The Hall–Kier alpha value is -1.93. The van der Waals surface area contributed by atoms with Crippen LogP contribution >= 0.6 is 0 Å². The smallest absolute Gasteiger partial charge is 0.310 e. The van der Waals surface area contributed by atoms with E-state index < -0.39 is 52.5 Å². The van der Waals surface area contributed by atoms with Crippen LogP contribution in [-0.4, -0.2) is 79.8 Å². The molecule has 0 aliphatic carbocycles. The van der Waals surface area contributed by atoms with Gasteiger partial charge in [0, 0.05) is 12.1 Å². The zero-order valence-corrected chi connectivity index (χ0v) is 20.1. The molecule has 3 aliphatic heterocycles. The molecule has 0 aromatic heterocycles. The molecule has 3 fully saturated rings. The lowest BCUT2D eigenvalue weighted by Gasteiger charge is -2.43. The average molecular weight is 451 g/mol. The number of ether oxygens (including phenoxy) is 1. The van der Waals surface area contributed by atoms with E-state index in [1.54, 1.807) is 17.9 Å². The highest BCUT2D eigenvalue weighted by molar-refractivity contribution is 5.98. The van der Waals surface area contributed by atoms with Crippen LogP contribution < -0.4 is 0 Å². The van der Waals surface area contributed by atoms with Crippen LogP contribution in [-0.2, 0) is 19.1 Å². The van der Waals surface area contributed by atoms with Crippen LogP contribution in [0, 0.1) is 17.8 Å². The van der Waals surface area contributed by atoms with Gasteiger partial charge in [-0.2, -0.15) is 0 Å². The van der Waals surface area contributed by atoms with Crippen molar-refractivity contribution < 1.29 is 29.3 Å². The summed E-state index contributed by atoms with van der Waals surface area (Å²) in [6, 6.07) is -1.58. The molecular weight excluding hydrogens is 412 g/mol. The maximum atomic E-state index is 14.1. The number of carboxylic acid groups (broad SMARTS) is 1. The Morgan fingerprint density at radius 1 is 1.34 bits per heavy atom. The zero-order valence-electron chi connectivity index (χ0n) is 20.1. The Kier molecular flexibility index (Phi) is 6.28. The van der Waals surface area contributed by atoms with E-state index in [1.165, 1.54) is 4.90 Å². The van der Waals surface area contributed by atoms with Crippen molar-refractivity contribution in [3.63, 3.8) is 0 Å². The van der Waals surface area contributed by atoms with Crippen molar-refractivity contribution in [3.05, 3.63) is 12.7 Å². The summed E-state index contributed by atoms with van der Waals surface area (Å²) in [5.74, 6) is -3.56. The number of carbonyl (C=O) groups is 3. The van der Waals surface area contributed by atoms with Gasteiger partial charge >= 0.3 is 5.97 Å². The predicted molar refractivity (Wildman–Crippen MR) is 119 cm³/mol. The first-order valence-electron chi connectivity index (χ1n) is 11.5. The molecule has 1 spiro atoms. The van der Waals surface area contributed by atoms with Gasteiger partial charge in [0.1, 0.15) is 11.6 Å². The minimum absolute atomic E-state index is 0.172. The number of carboxylic acids is 1. The number of nitrogens with zero attached hydrogens (tertiary/aromatic N) is 2. The van der Waals surface area contributed by atoms with Gasteiger partial charge in [0.2, 0.25) is 11.8 Å². The van der Waals surface area contributed by atoms with E-state index in [4.69, 9.17) is 4.74 Å². The van der Waals surface area contributed by atoms with Crippen molar-refractivity contribution in [2.75, 3.05) is 13.2 Å². The standard InChI is InChI=1S/C24H38N2O6/c1-8-11-25(22(4,5)6)20(29)18-24-10-9-23(7,32-24)17(21(30)31)16(24)19(28)26(18)15(13-27)12-14(2)3/h8,14-18,27H,1,9-13H2,2-7H3,(H,30,31)/t15-,16+,17-,18?,23+,24?/m1/s1. The van der Waals surface area contributed by atoms with Gasteiger partial charge in [0.15, 0.2) is 0 Å². The Labute approximate surface area is 190 Å². The van der Waals surface area contributed by atoms with Crippen molar-refractivity contribution in [3.8, 4) is 0 Å².